The Morgan fingerprint density at radius 1 is 0.900 bits per heavy atom. The Kier molecular flexibility index (Phi) is 5.30. The van der Waals surface area contributed by atoms with Crippen molar-refractivity contribution in [1.82, 2.24) is 14.5 Å². The third-order valence-corrected chi connectivity index (χ3v) is 4.77. The zero-order valence-corrected chi connectivity index (χ0v) is 17.1. The molecular formula is C24H22N4O2. The molecule has 2 aromatic carbocycles. The van der Waals surface area contributed by atoms with Gasteiger partial charge in [0.25, 0.3) is 5.91 Å². The van der Waals surface area contributed by atoms with Crippen LogP contribution in [-0.4, -0.2) is 20.4 Å². The number of aryl methyl sites for hydroxylation is 3. The van der Waals surface area contributed by atoms with Crippen LogP contribution >= 0.6 is 0 Å². The van der Waals surface area contributed by atoms with Gasteiger partial charge in [0.05, 0.1) is 0 Å². The normalized spacial score (nSPS) is 10.6. The number of benzene rings is 2. The Morgan fingerprint density at radius 3 is 2.33 bits per heavy atom. The summed E-state index contributed by atoms with van der Waals surface area (Å²) in [4.78, 5) is 21.3. The van der Waals surface area contributed by atoms with Gasteiger partial charge in [0.15, 0.2) is 0 Å². The van der Waals surface area contributed by atoms with Crippen molar-refractivity contribution in [2.75, 3.05) is 5.32 Å². The van der Waals surface area contributed by atoms with Gasteiger partial charge in [0.2, 0.25) is 5.88 Å². The van der Waals surface area contributed by atoms with Gasteiger partial charge in [-0.15, -0.1) is 0 Å². The maximum absolute atomic E-state index is 12.5. The van der Waals surface area contributed by atoms with Gasteiger partial charge in [0, 0.05) is 29.7 Å². The predicted octanol–water partition coefficient (Wildman–Crippen LogP) is 5.24. The summed E-state index contributed by atoms with van der Waals surface area (Å²) in [6, 6.07) is 18.5. The lowest BCUT2D eigenvalue weighted by Gasteiger charge is -2.10. The summed E-state index contributed by atoms with van der Waals surface area (Å²) in [5.41, 5.74) is 3.57. The summed E-state index contributed by atoms with van der Waals surface area (Å²) in [5, 5.41) is 2.91. The van der Waals surface area contributed by atoms with Crippen LogP contribution in [0.2, 0.25) is 0 Å². The molecule has 0 aliphatic carbocycles. The van der Waals surface area contributed by atoms with Gasteiger partial charge in [-0.2, -0.15) is 4.98 Å². The fraction of sp³-hybridized carbons (Fsp3) is 0.125. The first-order valence-electron chi connectivity index (χ1n) is 9.63. The molecule has 6 nitrogen and oxygen atoms in total. The predicted molar refractivity (Wildman–Crippen MR) is 116 cm³/mol. The quantitative estimate of drug-likeness (QED) is 0.499. The number of hydrogen-bond acceptors (Lipinski definition) is 4. The fourth-order valence-corrected chi connectivity index (χ4v) is 3.01. The Balaban J connectivity index is 1.46. The van der Waals surface area contributed by atoms with Crippen LogP contribution in [0.1, 0.15) is 27.3 Å². The van der Waals surface area contributed by atoms with E-state index in [1.807, 2.05) is 68.1 Å². The third-order valence-electron chi connectivity index (χ3n) is 4.77. The van der Waals surface area contributed by atoms with Crippen molar-refractivity contribution >= 4 is 11.6 Å². The Morgan fingerprint density at radius 2 is 1.63 bits per heavy atom. The van der Waals surface area contributed by atoms with Gasteiger partial charge in [-0.3, -0.25) is 4.79 Å². The molecule has 0 fully saturated rings. The molecule has 1 N–H and O–H groups in total. The second-order valence-electron chi connectivity index (χ2n) is 7.08. The Bertz CT molecular complexity index is 1180. The number of amides is 1. The molecule has 30 heavy (non-hydrogen) atoms. The van der Waals surface area contributed by atoms with E-state index in [2.05, 4.69) is 15.3 Å². The van der Waals surface area contributed by atoms with Crippen molar-refractivity contribution in [3.63, 3.8) is 0 Å². The molecule has 0 spiro atoms. The first-order chi connectivity index (χ1) is 14.5. The summed E-state index contributed by atoms with van der Waals surface area (Å²) >= 11 is 0. The molecule has 2 heterocycles. The first-order valence-corrected chi connectivity index (χ1v) is 9.63. The van der Waals surface area contributed by atoms with Crippen molar-refractivity contribution in [2.24, 2.45) is 0 Å². The Labute approximate surface area is 175 Å². The second kappa shape index (κ2) is 8.21. The maximum Gasteiger partial charge on any atom is 0.255 e. The highest BCUT2D eigenvalue weighted by atomic mass is 16.5. The van der Waals surface area contributed by atoms with Gasteiger partial charge >= 0.3 is 0 Å². The van der Waals surface area contributed by atoms with E-state index in [4.69, 9.17) is 4.74 Å². The van der Waals surface area contributed by atoms with E-state index in [9.17, 15) is 4.79 Å². The lowest BCUT2D eigenvalue weighted by molar-refractivity contribution is 0.102. The molecule has 0 saturated heterocycles. The number of anilines is 1. The number of carbonyl (C=O) groups excluding carboxylic acids is 1. The summed E-state index contributed by atoms with van der Waals surface area (Å²) in [5.74, 6) is 2.29. The number of carbonyl (C=O) groups is 1. The molecule has 0 atom stereocenters. The minimum absolute atomic E-state index is 0.144. The van der Waals surface area contributed by atoms with Crippen LogP contribution in [0.3, 0.4) is 0 Å². The molecule has 0 bridgehead atoms. The van der Waals surface area contributed by atoms with Crippen LogP contribution in [0.5, 0.6) is 11.6 Å². The monoisotopic (exact) mass is 398 g/mol. The molecule has 0 radical (unpaired) electrons. The zero-order valence-electron chi connectivity index (χ0n) is 17.1. The van der Waals surface area contributed by atoms with Crippen LogP contribution < -0.4 is 10.1 Å². The molecule has 6 heteroatoms. The number of nitrogens with zero attached hydrogens (tertiary/aromatic N) is 3. The van der Waals surface area contributed by atoms with Crippen LogP contribution in [0, 0.1) is 20.8 Å². The summed E-state index contributed by atoms with van der Waals surface area (Å²) < 4.78 is 7.79. The topological polar surface area (TPSA) is 69.0 Å². The Hall–Kier alpha value is -3.93. The highest BCUT2D eigenvalue weighted by molar-refractivity contribution is 6.04. The van der Waals surface area contributed by atoms with Gasteiger partial charge in [-0.05, 0) is 80.4 Å². The van der Waals surface area contributed by atoms with E-state index in [1.54, 1.807) is 30.3 Å². The van der Waals surface area contributed by atoms with Crippen LogP contribution in [0.4, 0.5) is 5.69 Å². The van der Waals surface area contributed by atoms with Gasteiger partial charge < -0.3 is 14.6 Å². The molecule has 2 aromatic heterocycles. The average Bonchev–Trinajstić information content (AvgIpc) is 3.26. The average molecular weight is 398 g/mol. The molecule has 0 aliphatic heterocycles. The minimum Gasteiger partial charge on any atom is -0.439 e. The van der Waals surface area contributed by atoms with Gasteiger partial charge in [-0.25, -0.2) is 4.98 Å². The first kappa shape index (κ1) is 19.4. The SMILES string of the molecule is Cc1nc(Oc2ccc(NC(=O)c3ccc(C)c(C)c3)cc2)cc(-n2cccc2)n1. The number of aromatic nitrogens is 3. The summed E-state index contributed by atoms with van der Waals surface area (Å²) in [6.45, 7) is 5.84. The lowest BCUT2D eigenvalue weighted by Crippen LogP contribution is -2.12. The molecule has 4 aromatic rings. The molecule has 0 unspecified atom stereocenters. The third kappa shape index (κ3) is 4.38. The van der Waals surface area contributed by atoms with Crippen molar-refractivity contribution in [2.45, 2.75) is 20.8 Å². The lowest BCUT2D eigenvalue weighted by atomic mass is 10.1. The maximum atomic E-state index is 12.5. The highest BCUT2D eigenvalue weighted by Gasteiger charge is 2.09. The van der Waals surface area contributed by atoms with Gasteiger partial charge in [-0.1, -0.05) is 6.07 Å². The van der Waals surface area contributed by atoms with Crippen LogP contribution in [0.25, 0.3) is 5.82 Å². The number of hydrogen-bond donors (Lipinski definition) is 1. The standard InChI is InChI=1S/C24H22N4O2/c1-16-6-7-19(14-17(16)2)24(29)27-20-8-10-21(11-9-20)30-23-15-22(25-18(3)26-23)28-12-4-5-13-28/h4-15H,1-3H3,(H,27,29). The number of ether oxygens (including phenoxy) is 1. The van der Waals surface area contributed by atoms with Crippen molar-refractivity contribution in [1.29, 1.82) is 0 Å². The van der Waals surface area contributed by atoms with E-state index in [-0.39, 0.29) is 5.91 Å². The number of rotatable bonds is 5. The smallest absolute Gasteiger partial charge is 0.255 e. The summed E-state index contributed by atoms with van der Waals surface area (Å²) in [6.07, 6.45) is 3.83. The van der Waals surface area contributed by atoms with Crippen LogP contribution in [0.15, 0.2) is 73.1 Å². The van der Waals surface area contributed by atoms with E-state index < -0.39 is 0 Å². The zero-order chi connectivity index (χ0) is 21.1. The number of nitrogens with one attached hydrogen (secondary N) is 1. The van der Waals surface area contributed by atoms with Crippen molar-refractivity contribution < 1.29 is 9.53 Å². The molecule has 150 valence electrons. The van der Waals surface area contributed by atoms with E-state index in [1.165, 1.54) is 0 Å². The molecular weight excluding hydrogens is 376 g/mol. The summed E-state index contributed by atoms with van der Waals surface area (Å²) in [7, 11) is 0. The molecule has 0 saturated carbocycles. The van der Waals surface area contributed by atoms with E-state index in [0.29, 0.717) is 28.7 Å². The van der Waals surface area contributed by atoms with Crippen LogP contribution in [-0.2, 0) is 0 Å². The minimum atomic E-state index is -0.144. The fourth-order valence-electron chi connectivity index (χ4n) is 3.01. The second-order valence-corrected chi connectivity index (χ2v) is 7.08. The van der Waals surface area contributed by atoms with E-state index in [0.717, 1.165) is 16.9 Å². The van der Waals surface area contributed by atoms with Gasteiger partial charge in [0.1, 0.15) is 17.4 Å². The molecule has 1 amide bonds. The molecule has 4 rings (SSSR count). The van der Waals surface area contributed by atoms with Crippen molar-refractivity contribution in [3.8, 4) is 17.4 Å². The van der Waals surface area contributed by atoms with E-state index >= 15 is 0 Å². The molecule has 0 aliphatic rings. The van der Waals surface area contributed by atoms with Crippen molar-refractivity contribution in [3.05, 3.63) is 95.6 Å². The largest absolute Gasteiger partial charge is 0.439 e. The highest BCUT2D eigenvalue weighted by Crippen LogP contribution is 2.23.